The molecule has 1 aromatic carbocycles. The molecule has 0 aliphatic carbocycles. The fourth-order valence-electron chi connectivity index (χ4n) is 2.56. The minimum atomic E-state index is -1.63. The first-order chi connectivity index (χ1) is 11.2. The molecule has 0 saturated carbocycles. The third-order valence-corrected chi connectivity index (χ3v) is 3.72. The van der Waals surface area contributed by atoms with Gasteiger partial charge in [0.1, 0.15) is 5.76 Å². The van der Waals surface area contributed by atoms with Gasteiger partial charge in [-0.3, -0.25) is 4.79 Å². The van der Waals surface area contributed by atoms with E-state index in [1.54, 1.807) is 42.5 Å². The van der Waals surface area contributed by atoms with Gasteiger partial charge in [0.25, 0.3) is 11.6 Å². The van der Waals surface area contributed by atoms with Gasteiger partial charge in [0.15, 0.2) is 0 Å². The van der Waals surface area contributed by atoms with Gasteiger partial charge in [0.05, 0.1) is 25.8 Å². The minimum absolute atomic E-state index is 0.220. The summed E-state index contributed by atoms with van der Waals surface area (Å²) in [4.78, 5) is 24.9. The van der Waals surface area contributed by atoms with Crippen LogP contribution in [0.3, 0.4) is 0 Å². The molecule has 23 heavy (non-hydrogen) atoms. The molecule has 7 heteroatoms. The van der Waals surface area contributed by atoms with Gasteiger partial charge in [-0.1, -0.05) is 18.2 Å². The van der Waals surface area contributed by atoms with Crippen LogP contribution >= 0.6 is 0 Å². The maximum Gasteiger partial charge on any atom is 0.357 e. The highest BCUT2D eigenvalue weighted by Gasteiger charge is 2.54. The van der Waals surface area contributed by atoms with Gasteiger partial charge in [0, 0.05) is 5.56 Å². The Kier molecular flexibility index (Phi) is 3.92. The van der Waals surface area contributed by atoms with Crippen LogP contribution in [0.25, 0.3) is 0 Å². The molecule has 3 rings (SSSR count). The van der Waals surface area contributed by atoms with E-state index in [1.807, 2.05) is 0 Å². The van der Waals surface area contributed by atoms with Crippen LogP contribution in [0, 0.1) is 0 Å². The lowest BCUT2D eigenvalue weighted by atomic mass is 9.91. The van der Waals surface area contributed by atoms with Crippen LogP contribution in [-0.2, 0) is 9.53 Å². The van der Waals surface area contributed by atoms with E-state index in [4.69, 9.17) is 9.15 Å². The summed E-state index contributed by atoms with van der Waals surface area (Å²) < 4.78 is 10.2. The highest BCUT2D eigenvalue weighted by molar-refractivity contribution is 5.98. The van der Waals surface area contributed by atoms with Crippen LogP contribution in [0.5, 0.6) is 0 Å². The summed E-state index contributed by atoms with van der Waals surface area (Å²) in [6, 6.07) is 12.0. The van der Waals surface area contributed by atoms with Crippen LogP contribution in [0.1, 0.15) is 22.0 Å². The number of carbonyl (C=O) groups is 2. The van der Waals surface area contributed by atoms with Crippen LogP contribution in [0.2, 0.25) is 0 Å². The number of hydrogen-bond acceptors (Lipinski definition) is 6. The van der Waals surface area contributed by atoms with E-state index in [9.17, 15) is 9.59 Å². The molecular weight excluding hydrogens is 298 g/mol. The number of nitrogens with zero attached hydrogens (tertiary/aromatic N) is 2. The average Bonchev–Trinajstić information content (AvgIpc) is 3.24. The third-order valence-electron chi connectivity index (χ3n) is 3.72. The molecule has 1 N–H and O–H groups in total. The Morgan fingerprint density at radius 2 is 2.04 bits per heavy atom. The maximum atomic E-state index is 12.5. The van der Waals surface area contributed by atoms with Crippen molar-refractivity contribution in [2.24, 2.45) is 10.2 Å². The number of nitrogens with one attached hydrogen (secondary N) is 1. The van der Waals surface area contributed by atoms with Crippen molar-refractivity contribution in [3.05, 3.63) is 60.1 Å². The third kappa shape index (κ3) is 2.61. The number of esters is 1. The topological polar surface area (TPSA) is 93.3 Å². The van der Waals surface area contributed by atoms with Crippen LogP contribution in [0.4, 0.5) is 0 Å². The highest BCUT2D eigenvalue weighted by Crippen LogP contribution is 2.36. The van der Waals surface area contributed by atoms with E-state index in [0.717, 1.165) is 0 Å². The van der Waals surface area contributed by atoms with E-state index in [0.29, 0.717) is 11.3 Å². The van der Waals surface area contributed by atoms with Crippen molar-refractivity contribution in [3.63, 3.8) is 0 Å². The zero-order valence-corrected chi connectivity index (χ0v) is 12.4. The molecule has 1 amide bonds. The SMILES string of the molecule is COC(=O)[C@]1(NC(=O)c2ccccc2)N=NC[C@H]1c1ccco1. The number of furan rings is 1. The number of methoxy groups -OCH3 is 1. The lowest BCUT2D eigenvalue weighted by molar-refractivity contribution is -0.148. The maximum absolute atomic E-state index is 12.5. The van der Waals surface area contributed by atoms with Crippen molar-refractivity contribution in [1.29, 1.82) is 0 Å². The van der Waals surface area contributed by atoms with E-state index in [1.165, 1.54) is 13.4 Å². The van der Waals surface area contributed by atoms with Gasteiger partial charge in [-0.05, 0) is 24.3 Å². The Morgan fingerprint density at radius 3 is 2.70 bits per heavy atom. The molecule has 2 atom stereocenters. The first-order valence-corrected chi connectivity index (χ1v) is 7.05. The molecule has 0 saturated heterocycles. The molecule has 0 spiro atoms. The number of azo groups is 1. The van der Waals surface area contributed by atoms with Crippen molar-refractivity contribution in [3.8, 4) is 0 Å². The van der Waals surface area contributed by atoms with Crippen molar-refractivity contribution in [1.82, 2.24) is 5.32 Å². The Hall–Kier alpha value is -2.96. The molecule has 1 aromatic heterocycles. The predicted octanol–water partition coefficient (Wildman–Crippen LogP) is 2.13. The first kappa shape index (κ1) is 15.0. The minimum Gasteiger partial charge on any atom is -0.469 e. The fourth-order valence-corrected chi connectivity index (χ4v) is 2.56. The quantitative estimate of drug-likeness (QED) is 0.875. The predicted molar refractivity (Wildman–Crippen MR) is 79.8 cm³/mol. The molecule has 2 aromatic rings. The van der Waals surface area contributed by atoms with Gasteiger partial charge in [-0.2, -0.15) is 10.2 Å². The van der Waals surface area contributed by atoms with Crippen LogP contribution in [0.15, 0.2) is 63.4 Å². The second-order valence-corrected chi connectivity index (χ2v) is 5.07. The largest absolute Gasteiger partial charge is 0.469 e. The smallest absolute Gasteiger partial charge is 0.357 e. The standard InChI is InChI=1S/C16H15N3O4/c1-22-15(21)16(18-14(20)11-6-3-2-4-7-11)12(10-17-19-16)13-8-5-9-23-13/h2-9,12H,10H2,1H3,(H,18,20)/t12-,16+/m0/s1. The van der Waals surface area contributed by atoms with Crippen LogP contribution in [-0.4, -0.2) is 31.2 Å². The van der Waals surface area contributed by atoms with Crippen LogP contribution < -0.4 is 5.32 Å². The molecule has 0 unspecified atom stereocenters. The second-order valence-electron chi connectivity index (χ2n) is 5.07. The summed E-state index contributed by atoms with van der Waals surface area (Å²) in [5.74, 6) is -1.18. The second kappa shape index (κ2) is 6.04. The number of carbonyl (C=O) groups excluding carboxylic acids is 2. The summed E-state index contributed by atoms with van der Waals surface area (Å²) in [7, 11) is 1.24. The molecule has 2 heterocycles. The molecule has 0 radical (unpaired) electrons. The number of amides is 1. The lowest BCUT2D eigenvalue weighted by Gasteiger charge is -2.28. The zero-order valence-electron chi connectivity index (χ0n) is 12.4. The summed E-state index contributed by atoms with van der Waals surface area (Å²) in [5, 5.41) is 10.6. The van der Waals surface area contributed by atoms with E-state index >= 15 is 0 Å². The Labute approximate surface area is 132 Å². The first-order valence-electron chi connectivity index (χ1n) is 7.05. The fraction of sp³-hybridized carbons (Fsp3) is 0.250. The summed E-state index contributed by atoms with van der Waals surface area (Å²) >= 11 is 0. The molecule has 0 fully saturated rings. The van der Waals surface area contributed by atoms with Gasteiger partial charge in [-0.15, -0.1) is 0 Å². The van der Waals surface area contributed by atoms with Gasteiger partial charge >= 0.3 is 5.97 Å². The lowest BCUT2D eigenvalue weighted by Crippen LogP contribution is -2.56. The van der Waals surface area contributed by atoms with Crippen molar-refractivity contribution in [2.45, 2.75) is 11.6 Å². The number of benzene rings is 1. The highest BCUT2D eigenvalue weighted by atomic mass is 16.5. The van der Waals surface area contributed by atoms with E-state index in [-0.39, 0.29) is 6.54 Å². The van der Waals surface area contributed by atoms with Gasteiger partial charge in [-0.25, -0.2) is 4.79 Å². The molecule has 0 bridgehead atoms. The van der Waals surface area contributed by atoms with Crippen molar-refractivity contribution >= 4 is 11.9 Å². The van der Waals surface area contributed by atoms with Crippen molar-refractivity contribution < 1.29 is 18.7 Å². The van der Waals surface area contributed by atoms with Crippen molar-refractivity contribution in [2.75, 3.05) is 13.7 Å². The average molecular weight is 313 g/mol. The van der Waals surface area contributed by atoms with Gasteiger partial charge < -0.3 is 14.5 Å². The Balaban J connectivity index is 1.96. The molecular formula is C16H15N3O4. The Bertz CT molecular complexity index is 727. The number of ether oxygens (including phenoxy) is 1. The monoisotopic (exact) mass is 313 g/mol. The van der Waals surface area contributed by atoms with E-state index < -0.39 is 23.5 Å². The summed E-state index contributed by atoms with van der Waals surface area (Å²) in [6.45, 7) is 0.220. The molecule has 1 aliphatic heterocycles. The molecule has 118 valence electrons. The summed E-state index contributed by atoms with van der Waals surface area (Å²) in [5.41, 5.74) is -1.21. The molecule has 7 nitrogen and oxygen atoms in total. The summed E-state index contributed by atoms with van der Waals surface area (Å²) in [6.07, 6.45) is 1.49. The number of rotatable bonds is 4. The van der Waals surface area contributed by atoms with Gasteiger partial charge in [0.2, 0.25) is 0 Å². The zero-order chi connectivity index (χ0) is 16.3. The van der Waals surface area contributed by atoms with E-state index in [2.05, 4.69) is 15.5 Å². The molecule has 1 aliphatic rings. The number of hydrogen-bond donors (Lipinski definition) is 1. The normalized spacial score (nSPS) is 22.7. The Morgan fingerprint density at radius 1 is 1.26 bits per heavy atom.